The molecule has 0 spiro atoms. The molecule has 0 saturated heterocycles. The van der Waals surface area contributed by atoms with Crippen LogP contribution in [0, 0.1) is 18.8 Å². The highest BCUT2D eigenvalue weighted by Crippen LogP contribution is 2.29. The first-order valence-corrected chi connectivity index (χ1v) is 9.62. The zero-order chi connectivity index (χ0) is 20.0. The first-order valence-electron chi connectivity index (χ1n) is 9.62. The second kappa shape index (κ2) is 9.53. The molecular formula is C21H30N2O4. The number of rotatable bonds is 6. The van der Waals surface area contributed by atoms with Crippen molar-refractivity contribution >= 4 is 17.8 Å². The Morgan fingerprint density at radius 2 is 1.96 bits per heavy atom. The molecule has 2 rings (SSSR count). The monoisotopic (exact) mass is 374 g/mol. The van der Waals surface area contributed by atoms with Crippen molar-refractivity contribution in [1.82, 2.24) is 10.6 Å². The molecule has 6 heteroatoms. The van der Waals surface area contributed by atoms with Crippen LogP contribution in [-0.2, 0) is 14.3 Å². The highest BCUT2D eigenvalue weighted by atomic mass is 16.5. The van der Waals surface area contributed by atoms with Crippen molar-refractivity contribution in [1.29, 1.82) is 0 Å². The minimum Gasteiger partial charge on any atom is -0.451 e. The van der Waals surface area contributed by atoms with E-state index >= 15 is 0 Å². The topological polar surface area (TPSA) is 84.5 Å². The molecule has 1 aromatic rings. The van der Waals surface area contributed by atoms with Gasteiger partial charge in [0.25, 0.3) is 11.8 Å². The summed E-state index contributed by atoms with van der Waals surface area (Å²) in [6.07, 6.45) is 2.33. The molecule has 27 heavy (non-hydrogen) atoms. The second-order valence-electron chi connectivity index (χ2n) is 7.57. The van der Waals surface area contributed by atoms with Crippen molar-refractivity contribution in [2.24, 2.45) is 11.8 Å². The molecule has 1 aliphatic rings. The van der Waals surface area contributed by atoms with Crippen LogP contribution in [0.4, 0.5) is 0 Å². The van der Waals surface area contributed by atoms with Gasteiger partial charge in [0, 0.05) is 11.6 Å². The van der Waals surface area contributed by atoms with Crippen molar-refractivity contribution in [3.8, 4) is 0 Å². The van der Waals surface area contributed by atoms with Crippen LogP contribution < -0.4 is 10.6 Å². The molecule has 2 N–H and O–H groups in total. The van der Waals surface area contributed by atoms with Gasteiger partial charge in [-0.1, -0.05) is 44.4 Å². The summed E-state index contributed by atoms with van der Waals surface area (Å²) in [6.45, 7) is 7.50. The molecule has 2 amide bonds. The Bertz CT molecular complexity index is 689. The van der Waals surface area contributed by atoms with Gasteiger partial charge in [-0.3, -0.25) is 14.4 Å². The van der Waals surface area contributed by atoms with Gasteiger partial charge < -0.3 is 15.4 Å². The number of carbonyl (C=O) groups excluding carboxylic acids is 3. The minimum absolute atomic E-state index is 0.114. The van der Waals surface area contributed by atoms with Crippen LogP contribution in [0.2, 0.25) is 0 Å². The zero-order valence-electron chi connectivity index (χ0n) is 16.6. The molecule has 1 saturated carbocycles. The fourth-order valence-electron chi connectivity index (χ4n) is 3.42. The Balaban J connectivity index is 1.77. The van der Waals surface area contributed by atoms with E-state index in [1.165, 1.54) is 6.42 Å². The fourth-order valence-corrected chi connectivity index (χ4v) is 3.42. The van der Waals surface area contributed by atoms with Gasteiger partial charge in [-0.25, -0.2) is 0 Å². The third-order valence-electron chi connectivity index (χ3n) is 5.39. The van der Waals surface area contributed by atoms with E-state index in [1.54, 1.807) is 25.1 Å². The molecule has 0 heterocycles. The summed E-state index contributed by atoms with van der Waals surface area (Å²) in [5.41, 5.74) is 1.44. The number of nitrogens with one attached hydrogen (secondary N) is 2. The van der Waals surface area contributed by atoms with Gasteiger partial charge in [0.05, 0.1) is 0 Å². The maximum absolute atomic E-state index is 12.3. The predicted molar refractivity (Wildman–Crippen MR) is 103 cm³/mol. The lowest BCUT2D eigenvalue weighted by atomic mass is 9.78. The Morgan fingerprint density at radius 1 is 1.22 bits per heavy atom. The summed E-state index contributed by atoms with van der Waals surface area (Å²) in [4.78, 5) is 36.3. The number of ether oxygens (including phenoxy) is 1. The fraction of sp³-hybridized carbons (Fsp3) is 0.571. The summed E-state index contributed by atoms with van der Waals surface area (Å²) in [6, 6.07) is 7.20. The number of hydrogen-bond donors (Lipinski definition) is 2. The SMILES string of the molecule is Cc1cccc(C(=O)NCC(=O)O[C@@H](C)C(=O)N[C@@H]2CCC[C@H](C)[C@@H]2C)c1. The number of benzene rings is 1. The summed E-state index contributed by atoms with van der Waals surface area (Å²) in [5, 5.41) is 5.52. The molecule has 1 fully saturated rings. The zero-order valence-corrected chi connectivity index (χ0v) is 16.6. The molecule has 0 aromatic heterocycles. The number of amides is 2. The molecule has 0 aliphatic heterocycles. The standard InChI is InChI=1S/C21H30N2O4/c1-13-7-5-9-17(11-13)21(26)22-12-19(24)27-16(4)20(25)23-18-10-6-8-14(2)15(18)3/h5,7,9,11,14-16,18H,6,8,10,12H2,1-4H3,(H,22,26)(H,23,25)/t14-,15-,16-,18+/m0/s1. The largest absolute Gasteiger partial charge is 0.451 e. The second-order valence-corrected chi connectivity index (χ2v) is 7.57. The van der Waals surface area contributed by atoms with Crippen LogP contribution in [0.5, 0.6) is 0 Å². The maximum Gasteiger partial charge on any atom is 0.326 e. The van der Waals surface area contributed by atoms with Gasteiger partial charge in [-0.2, -0.15) is 0 Å². The third-order valence-corrected chi connectivity index (χ3v) is 5.39. The average Bonchev–Trinajstić information content (AvgIpc) is 2.63. The number of esters is 1. The molecule has 0 radical (unpaired) electrons. The van der Waals surface area contributed by atoms with Gasteiger partial charge in [0.15, 0.2) is 6.10 Å². The average molecular weight is 374 g/mol. The molecule has 1 aromatic carbocycles. The lowest BCUT2D eigenvalue weighted by molar-refractivity contribution is -0.154. The third kappa shape index (κ3) is 6.08. The van der Waals surface area contributed by atoms with E-state index in [0.29, 0.717) is 17.4 Å². The summed E-state index contributed by atoms with van der Waals surface area (Å²) >= 11 is 0. The Morgan fingerprint density at radius 3 is 2.67 bits per heavy atom. The van der Waals surface area contributed by atoms with E-state index in [4.69, 9.17) is 4.74 Å². The smallest absolute Gasteiger partial charge is 0.326 e. The van der Waals surface area contributed by atoms with Crippen LogP contribution in [0.3, 0.4) is 0 Å². The highest BCUT2D eigenvalue weighted by Gasteiger charge is 2.30. The molecular weight excluding hydrogens is 344 g/mol. The molecule has 1 aliphatic carbocycles. The Labute approximate surface area is 161 Å². The maximum atomic E-state index is 12.3. The van der Waals surface area contributed by atoms with E-state index in [2.05, 4.69) is 24.5 Å². The van der Waals surface area contributed by atoms with E-state index in [1.807, 2.05) is 13.0 Å². The van der Waals surface area contributed by atoms with Crippen LogP contribution in [-0.4, -0.2) is 36.5 Å². The number of hydrogen-bond acceptors (Lipinski definition) is 4. The lowest BCUT2D eigenvalue weighted by Gasteiger charge is -2.35. The first kappa shape index (κ1) is 20.9. The lowest BCUT2D eigenvalue weighted by Crippen LogP contribution is -2.48. The van der Waals surface area contributed by atoms with Crippen LogP contribution in [0.15, 0.2) is 24.3 Å². The molecule has 4 atom stereocenters. The quantitative estimate of drug-likeness (QED) is 0.750. The predicted octanol–water partition coefficient (Wildman–Crippen LogP) is 2.60. The van der Waals surface area contributed by atoms with E-state index < -0.39 is 12.1 Å². The van der Waals surface area contributed by atoms with Gasteiger partial charge in [-0.15, -0.1) is 0 Å². The van der Waals surface area contributed by atoms with E-state index in [-0.39, 0.29) is 24.4 Å². The minimum atomic E-state index is -0.891. The van der Waals surface area contributed by atoms with E-state index in [9.17, 15) is 14.4 Å². The normalized spacial score (nSPS) is 23.2. The summed E-state index contributed by atoms with van der Waals surface area (Å²) < 4.78 is 5.16. The number of aryl methyl sites for hydroxylation is 1. The Kier molecular flexibility index (Phi) is 7.39. The van der Waals surface area contributed by atoms with Gasteiger partial charge in [0.2, 0.25) is 0 Å². The van der Waals surface area contributed by atoms with E-state index in [0.717, 1.165) is 18.4 Å². The van der Waals surface area contributed by atoms with Crippen LogP contribution >= 0.6 is 0 Å². The first-order chi connectivity index (χ1) is 12.8. The van der Waals surface area contributed by atoms with Crippen molar-refractivity contribution in [2.45, 2.75) is 59.1 Å². The Hall–Kier alpha value is -2.37. The number of carbonyl (C=O) groups is 3. The van der Waals surface area contributed by atoms with Crippen LogP contribution in [0.25, 0.3) is 0 Å². The highest BCUT2D eigenvalue weighted by molar-refractivity contribution is 5.96. The van der Waals surface area contributed by atoms with Crippen molar-refractivity contribution in [2.75, 3.05) is 6.54 Å². The molecule has 0 unspecified atom stereocenters. The van der Waals surface area contributed by atoms with Gasteiger partial charge >= 0.3 is 5.97 Å². The van der Waals surface area contributed by atoms with Crippen LogP contribution in [0.1, 0.15) is 56.0 Å². The van der Waals surface area contributed by atoms with Crippen molar-refractivity contribution in [3.05, 3.63) is 35.4 Å². The summed E-state index contributed by atoms with van der Waals surface area (Å²) in [7, 11) is 0. The summed E-state index contributed by atoms with van der Waals surface area (Å²) in [5.74, 6) is -0.307. The molecule has 0 bridgehead atoms. The van der Waals surface area contributed by atoms with Gasteiger partial charge in [0.1, 0.15) is 6.54 Å². The van der Waals surface area contributed by atoms with Gasteiger partial charge in [-0.05, 0) is 44.2 Å². The molecule has 6 nitrogen and oxygen atoms in total. The molecule has 148 valence electrons. The van der Waals surface area contributed by atoms with Crippen molar-refractivity contribution < 1.29 is 19.1 Å². The van der Waals surface area contributed by atoms with Crippen molar-refractivity contribution in [3.63, 3.8) is 0 Å².